The van der Waals surface area contributed by atoms with Crippen molar-refractivity contribution in [3.63, 3.8) is 0 Å². The normalized spacial score (nSPS) is 13.3. The van der Waals surface area contributed by atoms with Gasteiger partial charge in [-0.05, 0) is 42.8 Å². The van der Waals surface area contributed by atoms with Gasteiger partial charge < -0.3 is 15.2 Å². The van der Waals surface area contributed by atoms with Crippen molar-refractivity contribution in [3.8, 4) is 11.5 Å². The number of nitrogen functional groups attached to an aromatic ring is 1. The van der Waals surface area contributed by atoms with Crippen molar-refractivity contribution < 1.29 is 13.9 Å². The van der Waals surface area contributed by atoms with E-state index in [1.54, 1.807) is 13.0 Å². The van der Waals surface area contributed by atoms with Crippen molar-refractivity contribution in [1.29, 1.82) is 0 Å². The number of fused-ring (bicyclic) bond motifs is 1. The molecule has 0 radical (unpaired) electrons. The van der Waals surface area contributed by atoms with E-state index in [1.165, 1.54) is 17.8 Å². The van der Waals surface area contributed by atoms with Gasteiger partial charge in [0.1, 0.15) is 19.0 Å². The number of nitrogens with two attached hydrogens (primary N) is 1. The summed E-state index contributed by atoms with van der Waals surface area (Å²) in [5.74, 6) is 1.21. The van der Waals surface area contributed by atoms with E-state index in [0.29, 0.717) is 24.5 Å². The van der Waals surface area contributed by atoms with Crippen molar-refractivity contribution in [1.82, 2.24) is 0 Å². The van der Waals surface area contributed by atoms with Crippen LogP contribution >= 0.6 is 11.8 Å². The van der Waals surface area contributed by atoms with Crippen molar-refractivity contribution in [2.45, 2.75) is 16.7 Å². The number of halogens is 1. The molecule has 5 heteroatoms. The van der Waals surface area contributed by atoms with Crippen LogP contribution in [0.5, 0.6) is 11.5 Å². The summed E-state index contributed by atoms with van der Waals surface area (Å²) in [6.45, 7) is 2.85. The molecule has 2 aromatic carbocycles. The Morgan fingerprint density at radius 3 is 2.65 bits per heavy atom. The van der Waals surface area contributed by atoms with E-state index in [4.69, 9.17) is 15.2 Å². The van der Waals surface area contributed by atoms with Crippen molar-refractivity contribution in [2.24, 2.45) is 0 Å². The zero-order chi connectivity index (χ0) is 14.1. The Morgan fingerprint density at radius 2 is 1.85 bits per heavy atom. The third-order valence-electron chi connectivity index (χ3n) is 3.03. The fourth-order valence-electron chi connectivity index (χ4n) is 1.97. The maximum atomic E-state index is 13.4. The van der Waals surface area contributed by atoms with Crippen LogP contribution in [0.25, 0.3) is 0 Å². The van der Waals surface area contributed by atoms with Gasteiger partial charge in [0.05, 0.1) is 0 Å². The average molecular weight is 291 g/mol. The molecule has 1 heterocycles. The highest BCUT2D eigenvalue weighted by Crippen LogP contribution is 2.39. The van der Waals surface area contributed by atoms with E-state index < -0.39 is 0 Å². The second-order valence-corrected chi connectivity index (χ2v) is 5.66. The second-order valence-electron chi connectivity index (χ2n) is 4.55. The first-order chi connectivity index (χ1) is 9.63. The first-order valence-corrected chi connectivity index (χ1v) is 7.08. The molecular formula is C15H14FNO2S. The van der Waals surface area contributed by atoms with Crippen molar-refractivity contribution in [2.75, 3.05) is 18.9 Å². The molecule has 3 rings (SSSR count). The molecule has 0 aromatic heterocycles. The zero-order valence-electron chi connectivity index (χ0n) is 11.0. The molecule has 0 fully saturated rings. The fraction of sp³-hybridized carbons (Fsp3) is 0.200. The predicted octanol–water partition coefficient (Wildman–Crippen LogP) is 3.64. The maximum Gasteiger partial charge on any atom is 0.162 e. The number of rotatable bonds is 2. The molecule has 3 nitrogen and oxygen atoms in total. The van der Waals surface area contributed by atoms with Crippen molar-refractivity contribution >= 4 is 17.4 Å². The molecule has 1 aliphatic rings. The number of anilines is 1. The van der Waals surface area contributed by atoms with Crippen LogP contribution in [0.2, 0.25) is 0 Å². The summed E-state index contributed by atoms with van der Waals surface area (Å²) in [7, 11) is 0. The molecule has 0 aliphatic carbocycles. The van der Waals surface area contributed by atoms with Gasteiger partial charge in [-0.3, -0.25) is 0 Å². The van der Waals surface area contributed by atoms with Gasteiger partial charge in [0.2, 0.25) is 0 Å². The van der Waals surface area contributed by atoms with Crippen LogP contribution in [0.15, 0.2) is 40.1 Å². The summed E-state index contributed by atoms with van der Waals surface area (Å²) in [5.41, 5.74) is 6.88. The van der Waals surface area contributed by atoms with E-state index in [0.717, 1.165) is 21.3 Å². The van der Waals surface area contributed by atoms with Crippen LogP contribution in [0, 0.1) is 12.7 Å². The van der Waals surface area contributed by atoms with Gasteiger partial charge in [-0.15, -0.1) is 0 Å². The lowest BCUT2D eigenvalue weighted by Gasteiger charge is -2.18. The van der Waals surface area contributed by atoms with Crippen LogP contribution in [0.4, 0.5) is 10.1 Å². The fourth-order valence-corrected chi connectivity index (χ4v) is 2.94. The number of hydrogen-bond acceptors (Lipinski definition) is 4. The molecule has 0 saturated heterocycles. The number of hydrogen-bond donors (Lipinski definition) is 1. The summed E-state index contributed by atoms with van der Waals surface area (Å²) in [4.78, 5) is 1.81. The monoisotopic (exact) mass is 291 g/mol. The standard InChI is InChI=1S/C15H14FNO2S/c1-9-6-15(12(17)8-11(9)16)20-10-2-3-13-14(7-10)19-5-4-18-13/h2-3,6-8H,4-5,17H2,1H3. The highest BCUT2D eigenvalue weighted by atomic mass is 32.2. The molecule has 20 heavy (non-hydrogen) atoms. The van der Waals surface area contributed by atoms with Gasteiger partial charge in [-0.1, -0.05) is 11.8 Å². The average Bonchev–Trinajstić information content (AvgIpc) is 2.44. The van der Waals surface area contributed by atoms with Gasteiger partial charge in [0.25, 0.3) is 0 Å². The number of benzene rings is 2. The van der Waals surface area contributed by atoms with E-state index in [1.807, 2.05) is 18.2 Å². The molecule has 104 valence electrons. The molecule has 2 aromatic rings. The Bertz CT molecular complexity index is 661. The number of ether oxygens (including phenoxy) is 2. The van der Waals surface area contributed by atoms with Gasteiger partial charge in [0, 0.05) is 15.5 Å². The Kier molecular flexibility index (Phi) is 3.44. The minimum Gasteiger partial charge on any atom is -0.486 e. The van der Waals surface area contributed by atoms with Gasteiger partial charge >= 0.3 is 0 Å². The van der Waals surface area contributed by atoms with Crippen molar-refractivity contribution in [3.05, 3.63) is 41.7 Å². The quantitative estimate of drug-likeness (QED) is 0.858. The van der Waals surface area contributed by atoms with Crippen LogP contribution in [-0.2, 0) is 0 Å². The van der Waals surface area contributed by atoms with Gasteiger partial charge in [-0.2, -0.15) is 0 Å². The number of aryl methyl sites for hydroxylation is 1. The Balaban J connectivity index is 1.89. The molecule has 0 saturated carbocycles. The molecule has 2 N–H and O–H groups in total. The molecular weight excluding hydrogens is 277 g/mol. The molecule has 0 spiro atoms. The Labute approximate surface area is 120 Å². The summed E-state index contributed by atoms with van der Waals surface area (Å²) in [6.07, 6.45) is 0. The van der Waals surface area contributed by atoms with E-state index in [-0.39, 0.29) is 5.82 Å². The van der Waals surface area contributed by atoms with Crippen LogP contribution < -0.4 is 15.2 Å². The lowest BCUT2D eigenvalue weighted by atomic mass is 10.2. The van der Waals surface area contributed by atoms with Gasteiger partial charge in [0.15, 0.2) is 11.5 Å². The largest absolute Gasteiger partial charge is 0.486 e. The lowest BCUT2D eigenvalue weighted by Crippen LogP contribution is -2.15. The minimum absolute atomic E-state index is 0.283. The van der Waals surface area contributed by atoms with E-state index >= 15 is 0 Å². The zero-order valence-corrected chi connectivity index (χ0v) is 11.8. The first kappa shape index (κ1) is 13.1. The highest BCUT2D eigenvalue weighted by molar-refractivity contribution is 7.99. The van der Waals surface area contributed by atoms with Crippen LogP contribution in [0.3, 0.4) is 0 Å². The third kappa shape index (κ3) is 2.54. The smallest absolute Gasteiger partial charge is 0.162 e. The van der Waals surface area contributed by atoms with Crippen LogP contribution in [0.1, 0.15) is 5.56 Å². The molecule has 0 atom stereocenters. The second kappa shape index (κ2) is 5.25. The predicted molar refractivity (Wildman–Crippen MR) is 77.1 cm³/mol. The van der Waals surface area contributed by atoms with Crippen LogP contribution in [-0.4, -0.2) is 13.2 Å². The summed E-state index contributed by atoms with van der Waals surface area (Å²) in [5, 5.41) is 0. The molecule has 1 aliphatic heterocycles. The minimum atomic E-state index is -0.283. The van der Waals surface area contributed by atoms with Gasteiger partial charge in [-0.25, -0.2) is 4.39 Å². The molecule has 0 bridgehead atoms. The topological polar surface area (TPSA) is 44.5 Å². The first-order valence-electron chi connectivity index (χ1n) is 6.26. The lowest BCUT2D eigenvalue weighted by molar-refractivity contribution is 0.171. The maximum absolute atomic E-state index is 13.4. The Hall–Kier alpha value is -1.88. The van der Waals surface area contributed by atoms with E-state index in [9.17, 15) is 4.39 Å². The Morgan fingerprint density at radius 1 is 1.10 bits per heavy atom. The SMILES string of the molecule is Cc1cc(Sc2ccc3c(c2)OCCO3)c(N)cc1F. The third-order valence-corrected chi connectivity index (χ3v) is 4.10. The highest BCUT2D eigenvalue weighted by Gasteiger charge is 2.13. The molecule has 0 unspecified atom stereocenters. The van der Waals surface area contributed by atoms with E-state index in [2.05, 4.69) is 0 Å². The summed E-state index contributed by atoms with van der Waals surface area (Å²) in [6, 6.07) is 8.85. The molecule has 0 amide bonds. The summed E-state index contributed by atoms with van der Waals surface area (Å²) < 4.78 is 24.4. The summed E-state index contributed by atoms with van der Waals surface area (Å²) >= 11 is 1.48.